The first-order chi connectivity index (χ1) is 5.54. The van der Waals surface area contributed by atoms with Gasteiger partial charge in [-0.3, -0.25) is 0 Å². The van der Waals surface area contributed by atoms with Crippen LogP contribution in [0, 0.1) is 10.8 Å². The molecule has 12 heavy (non-hydrogen) atoms. The van der Waals surface area contributed by atoms with Gasteiger partial charge in [0.2, 0.25) is 0 Å². The van der Waals surface area contributed by atoms with Crippen LogP contribution in [-0.2, 0) is 0 Å². The van der Waals surface area contributed by atoms with Crippen molar-refractivity contribution in [2.24, 2.45) is 10.8 Å². The average Bonchev–Trinajstić information content (AvgIpc) is 2.27. The molecule has 0 amide bonds. The fraction of sp³-hybridized carbons (Fsp3) is 1.00. The Balaban J connectivity index is 2.21. The molecule has 2 fully saturated rings. The van der Waals surface area contributed by atoms with Crippen LogP contribution in [-0.4, -0.2) is 24.5 Å². The summed E-state index contributed by atoms with van der Waals surface area (Å²) in [6.07, 6.45) is 4.33. The molecular formula is C11H21N. The first-order valence-corrected chi connectivity index (χ1v) is 5.26. The van der Waals surface area contributed by atoms with E-state index < -0.39 is 0 Å². The van der Waals surface area contributed by atoms with E-state index in [-0.39, 0.29) is 0 Å². The molecule has 2 bridgehead atoms. The fourth-order valence-electron chi connectivity index (χ4n) is 2.98. The van der Waals surface area contributed by atoms with E-state index in [9.17, 15) is 0 Å². The van der Waals surface area contributed by atoms with Gasteiger partial charge in [-0.2, -0.15) is 0 Å². The molecular weight excluding hydrogens is 146 g/mol. The predicted molar refractivity (Wildman–Crippen MR) is 52.2 cm³/mol. The molecule has 2 unspecified atom stereocenters. The van der Waals surface area contributed by atoms with E-state index in [1.807, 2.05) is 0 Å². The third kappa shape index (κ3) is 1.10. The minimum absolute atomic E-state index is 0.516. The van der Waals surface area contributed by atoms with Gasteiger partial charge in [-0.25, -0.2) is 0 Å². The topological polar surface area (TPSA) is 3.24 Å². The largest absolute Gasteiger partial charge is 0.303 e. The number of hydrogen-bond acceptors (Lipinski definition) is 1. The molecule has 2 rings (SSSR count). The zero-order valence-electron chi connectivity index (χ0n) is 8.69. The van der Waals surface area contributed by atoms with Gasteiger partial charge in [0.25, 0.3) is 0 Å². The quantitative estimate of drug-likeness (QED) is 0.536. The highest BCUT2D eigenvalue weighted by atomic mass is 15.2. The summed E-state index contributed by atoms with van der Waals surface area (Å²) in [7, 11) is 0. The summed E-state index contributed by atoms with van der Waals surface area (Å²) in [5, 5.41) is 0. The standard InChI is InChI=1S/C11H21N/c1-10(2,3)11-5-4-7-12(9-11)8-6-11/h4-9H2,1-3H3. The molecule has 70 valence electrons. The number of hydrogen-bond donors (Lipinski definition) is 0. The van der Waals surface area contributed by atoms with Crippen molar-refractivity contribution < 1.29 is 0 Å². The summed E-state index contributed by atoms with van der Waals surface area (Å²) >= 11 is 0. The molecule has 0 radical (unpaired) electrons. The lowest BCUT2D eigenvalue weighted by molar-refractivity contribution is 0.0555. The van der Waals surface area contributed by atoms with Gasteiger partial charge in [0.15, 0.2) is 0 Å². The van der Waals surface area contributed by atoms with Gasteiger partial charge >= 0.3 is 0 Å². The van der Waals surface area contributed by atoms with Crippen molar-refractivity contribution in [2.75, 3.05) is 19.6 Å². The molecule has 1 heteroatoms. The molecule has 2 saturated heterocycles. The van der Waals surface area contributed by atoms with Crippen LogP contribution in [0.5, 0.6) is 0 Å². The maximum atomic E-state index is 2.65. The minimum atomic E-state index is 0.516. The van der Waals surface area contributed by atoms with Crippen molar-refractivity contribution in [3.63, 3.8) is 0 Å². The van der Waals surface area contributed by atoms with E-state index in [1.165, 1.54) is 38.9 Å². The summed E-state index contributed by atoms with van der Waals surface area (Å²) in [5.41, 5.74) is 1.17. The Bertz CT molecular complexity index is 176. The van der Waals surface area contributed by atoms with Crippen molar-refractivity contribution >= 4 is 0 Å². The van der Waals surface area contributed by atoms with Crippen LogP contribution in [0.15, 0.2) is 0 Å². The van der Waals surface area contributed by atoms with E-state index in [2.05, 4.69) is 25.7 Å². The first kappa shape index (κ1) is 8.55. The lowest BCUT2D eigenvalue weighted by Crippen LogP contribution is -2.42. The van der Waals surface area contributed by atoms with Crippen LogP contribution < -0.4 is 0 Å². The molecule has 1 nitrogen and oxygen atoms in total. The molecule has 2 aliphatic rings. The Kier molecular flexibility index (Phi) is 1.76. The third-order valence-corrected chi connectivity index (χ3v) is 4.15. The van der Waals surface area contributed by atoms with E-state index in [0.717, 1.165) is 0 Å². The second kappa shape index (κ2) is 2.47. The Morgan fingerprint density at radius 1 is 1.08 bits per heavy atom. The zero-order valence-corrected chi connectivity index (χ0v) is 8.69. The number of piperidine rings is 1. The van der Waals surface area contributed by atoms with Crippen LogP contribution in [0.25, 0.3) is 0 Å². The van der Waals surface area contributed by atoms with Gasteiger partial charge in [-0.1, -0.05) is 20.8 Å². The number of nitrogens with zero attached hydrogens (tertiary/aromatic N) is 1. The molecule has 0 aliphatic carbocycles. The smallest absolute Gasteiger partial charge is 0.00435 e. The highest BCUT2D eigenvalue weighted by Crippen LogP contribution is 2.51. The molecule has 0 saturated carbocycles. The molecule has 0 N–H and O–H groups in total. The van der Waals surface area contributed by atoms with Crippen LogP contribution in [0.1, 0.15) is 40.0 Å². The maximum absolute atomic E-state index is 2.65. The van der Waals surface area contributed by atoms with Crippen molar-refractivity contribution in [2.45, 2.75) is 40.0 Å². The molecule has 0 aromatic carbocycles. The normalized spacial score (nSPS) is 41.8. The number of fused-ring (bicyclic) bond motifs is 2. The second-order valence-corrected chi connectivity index (χ2v) is 5.66. The molecule has 2 heterocycles. The molecule has 0 aromatic heterocycles. The Hall–Kier alpha value is -0.0400. The molecule has 0 spiro atoms. The first-order valence-electron chi connectivity index (χ1n) is 5.26. The van der Waals surface area contributed by atoms with Crippen LogP contribution in [0.2, 0.25) is 0 Å². The molecule has 2 atom stereocenters. The van der Waals surface area contributed by atoms with Crippen molar-refractivity contribution in [1.29, 1.82) is 0 Å². The van der Waals surface area contributed by atoms with Crippen LogP contribution in [0.3, 0.4) is 0 Å². The van der Waals surface area contributed by atoms with Gasteiger partial charge in [-0.15, -0.1) is 0 Å². The lowest BCUT2D eigenvalue weighted by Gasteiger charge is -2.44. The van der Waals surface area contributed by atoms with Crippen molar-refractivity contribution in [3.05, 3.63) is 0 Å². The summed E-state index contributed by atoms with van der Waals surface area (Å²) in [4.78, 5) is 2.65. The molecule has 0 aromatic rings. The summed E-state index contributed by atoms with van der Waals surface area (Å²) in [6.45, 7) is 11.3. The SMILES string of the molecule is CC(C)(C)C12CCCN(CC1)C2. The van der Waals surface area contributed by atoms with Gasteiger partial charge in [0.1, 0.15) is 0 Å². The van der Waals surface area contributed by atoms with Gasteiger partial charge in [0.05, 0.1) is 0 Å². The van der Waals surface area contributed by atoms with Crippen molar-refractivity contribution in [1.82, 2.24) is 4.90 Å². The summed E-state index contributed by atoms with van der Waals surface area (Å²) in [6, 6.07) is 0. The zero-order chi connectivity index (χ0) is 8.82. The highest BCUT2D eigenvalue weighted by Gasteiger charge is 2.48. The average molecular weight is 167 g/mol. The van der Waals surface area contributed by atoms with E-state index in [1.54, 1.807) is 0 Å². The minimum Gasteiger partial charge on any atom is -0.303 e. The van der Waals surface area contributed by atoms with Gasteiger partial charge in [0, 0.05) is 6.54 Å². The van der Waals surface area contributed by atoms with Crippen LogP contribution in [0.4, 0.5) is 0 Å². The molecule has 2 aliphatic heterocycles. The fourth-order valence-corrected chi connectivity index (χ4v) is 2.98. The monoisotopic (exact) mass is 167 g/mol. The summed E-state index contributed by atoms with van der Waals surface area (Å²) in [5.74, 6) is 0. The lowest BCUT2D eigenvalue weighted by atomic mass is 9.63. The van der Waals surface area contributed by atoms with E-state index in [4.69, 9.17) is 0 Å². The Morgan fingerprint density at radius 2 is 1.83 bits per heavy atom. The van der Waals surface area contributed by atoms with Gasteiger partial charge in [-0.05, 0) is 43.2 Å². The highest BCUT2D eigenvalue weighted by molar-refractivity contribution is 5.00. The van der Waals surface area contributed by atoms with E-state index in [0.29, 0.717) is 10.8 Å². The third-order valence-electron chi connectivity index (χ3n) is 4.15. The second-order valence-electron chi connectivity index (χ2n) is 5.66. The maximum Gasteiger partial charge on any atom is 0.00435 e. The van der Waals surface area contributed by atoms with Crippen LogP contribution >= 0.6 is 0 Å². The Morgan fingerprint density at radius 3 is 2.42 bits per heavy atom. The predicted octanol–water partition coefficient (Wildman–Crippen LogP) is 2.52. The Labute approximate surface area is 76.1 Å². The van der Waals surface area contributed by atoms with E-state index >= 15 is 0 Å². The number of rotatable bonds is 0. The van der Waals surface area contributed by atoms with Crippen molar-refractivity contribution in [3.8, 4) is 0 Å². The van der Waals surface area contributed by atoms with Gasteiger partial charge < -0.3 is 4.90 Å². The summed E-state index contributed by atoms with van der Waals surface area (Å²) < 4.78 is 0.